The molecule has 0 fully saturated rings. The fourth-order valence-corrected chi connectivity index (χ4v) is 2.11. The van der Waals surface area contributed by atoms with Crippen LogP contribution in [0.25, 0.3) is 16.9 Å². The predicted molar refractivity (Wildman–Crippen MR) is 68.4 cm³/mol. The lowest BCUT2D eigenvalue weighted by Gasteiger charge is -2.07. The van der Waals surface area contributed by atoms with E-state index in [1.165, 1.54) is 12.3 Å². The maximum Gasteiger partial charge on any atom is 0.142 e. The molecule has 0 saturated heterocycles. The molecule has 5 heteroatoms. The summed E-state index contributed by atoms with van der Waals surface area (Å²) in [6.07, 6.45) is 2.85. The van der Waals surface area contributed by atoms with Gasteiger partial charge in [0.1, 0.15) is 18.0 Å². The van der Waals surface area contributed by atoms with E-state index in [0.717, 1.165) is 11.0 Å². The van der Waals surface area contributed by atoms with Crippen molar-refractivity contribution in [3.05, 3.63) is 54.2 Å². The van der Waals surface area contributed by atoms with E-state index in [9.17, 15) is 4.39 Å². The molecule has 18 heavy (non-hydrogen) atoms. The summed E-state index contributed by atoms with van der Waals surface area (Å²) in [7, 11) is 0. The first kappa shape index (κ1) is 11.2. The molecule has 0 amide bonds. The third kappa shape index (κ3) is 1.75. The molecule has 0 unspecified atom stereocenters. The molecule has 0 atom stereocenters. The van der Waals surface area contributed by atoms with Crippen LogP contribution in [0.15, 0.2) is 42.9 Å². The SMILES string of the molecule is Fc1cnc(-n2cnc3ccccc32)c(CCl)c1. The minimum atomic E-state index is -0.390. The second-order valence-corrected chi connectivity index (χ2v) is 4.14. The van der Waals surface area contributed by atoms with Gasteiger partial charge in [0.15, 0.2) is 0 Å². The van der Waals surface area contributed by atoms with Crippen LogP contribution in [-0.2, 0) is 5.88 Å². The molecule has 3 aromatic rings. The monoisotopic (exact) mass is 261 g/mol. The summed E-state index contributed by atoms with van der Waals surface area (Å²) >= 11 is 5.83. The quantitative estimate of drug-likeness (QED) is 0.663. The number of alkyl halides is 1. The Bertz CT molecular complexity index is 708. The number of para-hydroxylation sites is 2. The molecule has 2 heterocycles. The Labute approximate surface area is 108 Å². The van der Waals surface area contributed by atoms with Gasteiger partial charge < -0.3 is 0 Å². The van der Waals surface area contributed by atoms with Gasteiger partial charge in [-0.3, -0.25) is 4.57 Å². The van der Waals surface area contributed by atoms with Crippen molar-refractivity contribution in [1.82, 2.24) is 14.5 Å². The molecule has 0 aliphatic carbocycles. The first-order valence-electron chi connectivity index (χ1n) is 5.42. The van der Waals surface area contributed by atoms with Crippen molar-refractivity contribution in [2.45, 2.75) is 5.88 Å². The molecule has 3 nitrogen and oxygen atoms in total. The van der Waals surface area contributed by atoms with Crippen molar-refractivity contribution < 1.29 is 4.39 Å². The van der Waals surface area contributed by atoms with Gasteiger partial charge in [-0.1, -0.05) is 12.1 Å². The van der Waals surface area contributed by atoms with Crippen LogP contribution in [0.4, 0.5) is 4.39 Å². The average Bonchev–Trinajstić information content (AvgIpc) is 2.82. The molecule has 0 N–H and O–H groups in total. The van der Waals surface area contributed by atoms with Gasteiger partial charge in [0.2, 0.25) is 0 Å². The minimum Gasteiger partial charge on any atom is -0.283 e. The molecular weight excluding hydrogens is 253 g/mol. The van der Waals surface area contributed by atoms with Gasteiger partial charge >= 0.3 is 0 Å². The molecule has 0 saturated carbocycles. The Balaban J connectivity index is 2.26. The van der Waals surface area contributed by atoms with E-state index >= 15 is 0 Å². The second-order valence-electron chi connectivity index (χ2n) is 3.87. The normalized spacial score (nSPS) is 11.0. The van der Waals surface area contributed by atoms with Gasteiger partial charge in [-0.15, -0.1) is 11.6 Å². The number of halogens is 2. The van der Waals surface area contributed by atoms with Crippen molar-refractivity contribution in [3.8, 4) is 5.82 Å². The molecule has 0 radical (unpaired) electrons. The molecule has 0 spiro atoms. The summed E-state index contributed by atoms with van der Waals surface area (Å²) in [6.45, 7) is 0. The smallest absolute Gasteiger partial charge is 0.142 e. The minimum absolute atomic E-state index is 0.201. The number of aromatic nitrogens is 3. The topological polar surface area (TPSA) is 30.7 Å². The Morgan fingerprint density at radius 1 is 1.22 bits per heavy atom. The van der Waals surface area contributed by atoms with Crippen LogP contribution in [0.2, 0.25) is 0 Å². The predicted octanol–water partition coefficient (Wildman–Crippen LogP) is 3.30. The third-order valence-electron chi connectivity index (χ3n) is 2.74. The van der Waals surface area contributed by atoms with E-state index in [4.69, 9.17) is 11.6 Å². The van der Waals surface area contributed by atoms with Gasteiger partial charge in [-0.25, -0.2) is 14.4 Å². The van der Waals surface area contributed by atoms with Gasteiger partial charge in [0.05, 0.1) is 23.1 Å². The Morgan fingerprint density at radius 3 is 2.89 bits per heavy atom. The van der Waals surface area contributed by atoms with Gasteiger partial charge in [0, 0.05) is 5.56 Å². The number of rotatable bonds is 2. The highest BCUT2D eigenvalue weighted by Crippen LogP contribution is 2.20. The number of fused-ring (bicyclic) bond motifs is 1. The van der Waals surface area contributed by atoms with Crippen LogP contribution in [0.5, 0.6) is 0 Å². The number of benzene rings is 1. The summed E-state index contributed by atoms with van der Waals surface area (Å²) in [5, 5.41) is 0. The molecule has 3 rings (SSSR count). The lowest BCUT2D eigenvalue weighted by atomic mass is 10.2. The third-order valence-corrected chi connectivity index (χ3v) is 3.02. The zero-order valence-electron chi connectivity index (χ0n) is 9.35. The van der Waals surface area contributed by atoms with Crippen LogP contribution in [0, 0.1) is 5.82 Å². The summed E-state index contributed by atoms with van der Waals surface area (Å²) in [5.41, 5.74) is 2.42. The number of nitrogens with zero attached hydrogens (tertiary/aromatic N) is 3. The van der Waals surface area contributed by atoms with Crippen molar-refractivity contribution in [3.63, 3.8) is 0 Å². The van der Waals surface area contributed by atoms with Gasteiger partial charge in [-0.05, 0) is 18.2 Å². The maximum absolute atomic E-state index is 13.1. The van der Waals surface area contributed by atoms with E-state index in [0.29, 0.717) is 11.4 Å². The fourth-order valence-electron chi connectivity index (χ4n) is 1.92. The van der Waals surface area contributed by atoms with E-state index in [1.54, 1.807) is 6.33 Å². The van der Waals surface area contributed by atoms with Crippen LogP contribution in [0.1, 0.15) is 5.56 Å². The summed E-state index contributed by atoms with van der Waals surface area (Å²) < 4.78 is 15.0. The average molecular weight is 262 g/mol. The van der Waals surface area contributed by atoms with E-state index in [2.05, 4.69) is 9.97 Å². The number of imidazole rings is 1. The standard InChI is InChI=1S/C13H9ClFN3/c14-6-9-5-10(15)7-16-13(9)18-8-17-11-3-1-2-4-12(11)18/h1-5,7-8H,6H2. The zero-order valence-corrected chi connectivity index (χ0v) is 10.1. The highest BCUT2D eigenvalue weighted by Gasteiger charge is 2.10. The molecule has 0 bridgehead atoms. The summed E-state index contributed by atoms with van der Waals surface area (Å²) in [4.78, 5) is 8.38. The number of hydrogen-bond donors (Lipinski definition) is 0. The largest absolute Gasteiger partial charge is 0.283 e. The van der Waals surface area contributed by atoms with Crippen LogP contribution in [0.3, 0.4) is 0 Å². The molecule has 1 aromatic carbocycles. The van der Waals surface area contributed by atoms with E-state index < -0.39 is 0 Å². The Kier molecular flexibility index (Phi) is 2.72. The van der Waals surface area contributed by atoms with Crippen molar-refractivity contribution in [1.29, 1.82) is 0 Å². The molecule has 2 aromatic heterocycles. The zero-order chi connectivity index (χ0) is 12.5. The highest BCUT2D eigenvalue weighted by molar-refractivity contribution is 6.17. The van der Waals surface area contributed by atoms with Crippen molar-refractivity contribution in [2.75, 3.05) is 0 Å². The van der Waals surface area contributed by atoms with E-state index in [-0.39, 0.29) is 11.7 Å². The van der Waals surface area contributed by atoms with E-state index in [1.807, 2.05) is 28.8 Å². The van der Waals surface area contributed by atoms with Crippen LogP contribution in [-0.4, -0.2) is 14.5 Å². The number of hydrogen-bond acceptors (Lipinski definition) is 2. The molecular formula is C13H9ClFN3. The first-order chi connectivity index (χ1) is 8.79. The second kappa shape index (κ2) is 4.38. The Morgan fingerprint density at radius 2 is 2.06 bits per heavy atom. The fraction of sp³-hybridized carbons (Fsp3) is 0.0769. The highest BCUT2D eigenvalue weighted by atomic mass is 35.5. The lowest BCUT2D eigenvalue weighted by molar-refractivity contribution is 0.618. The molecule has 90 valence electrons. The van der Waals surface area contributed by atoms with Gasteiger partial charge in [-0.2, -0.15) is 0 Å². The first-order valence-corrected chi connectivity index (χ1v) is 5.96. The van der Waals surface area contributed by atoms with Crippen LogP contribution >= 0.6 is 11.6 Å². The summed E-state index contributed by atoms with van der Waals surface area (Å²) in [5.74, 6) is 0.422. The lowest BCUT2D eigenvalue weighted by Crippen LogP contribution is -2.01. The van der Waals surface area contributed by atoms with Crippen molar-refractivity contribution in [2.24, 2.45) is 0 Å². The van der Waals surface area contributed by atoms with Gasteiger partial charge in [0.25, 0.3) is 0 Å². The Hall–Kier alpha value is -1.94. The molecule has 0 aliphatic heterocycles. The maximum atomic E-state index is 13.1. The summed E-state index contributed by atoms with van der Waals surface area (Å²) in [6, 6.07) is 9.08. The van der Waals surface area contributed by atoms with Crippen molar-refractivity contribution >= 4 is 22.6 Å². The van der Waals surface area contributed by atoms with Crippen LogP contribution < -0.4 is 0 Å². The number of pyridine rings is 1. The molecule has 0 aliphatic rings.